The zero-order chi connectivity index (χ0) is 14.2. The third-order valence-electron chi connectivity index (χ3n) is 4.47. The molecule has 2 nitrogen and oxygen atoms in total. The summed E-state index contributed by atoms with van der Waals surface area (Å²) in [5.41, 5.74) is -0.153. The molecule has 0 aliphatic heterocycles. The number of likely N-dealkylation sites (N-methyl/N-ethyl adjacent to an activating group) is 1. The number of benzene rings is 1. The van der Waals surface area contributed by atoms with Gasteiger partial charge in [0, 0.05) is 5.56 Å². The fourth-order valence-corrected chi connectivity index (χ4v) is 3.11. The molecular formula is C15H21F2NO. The van der Waals surface area contributed by atoms with Crippen molar-refractivity contribution >= 4 is 0 Å². The van der Waals surface area contributed by atoms with Crippen LogP contribution in [-0.4, -0.2) is 29.6 Å². The minimum atomic E-state index is -1.000. The number of nitrogens with zero attached hydrogens (tertiary/aromatic N) is 1. The Hall–Kier alpha value is -1.00. The van der Waals surface area contributed by atoms with Gasteiger partial charge in [-0.1, -0.05) is 25.0 Å². The van der Waals surface area contributed by atoms with E-state index in [0.717, 1.165) is 25.7 Å². The molecule has 0 aromatic heterocycles. The van der Waals surface area contributed by atoms with Crippen LogP contribution in [0, 0.1) is 18.6 Å². The molecular weight excluding hydrogens is 248 g/mol. The molecule has 0 bridgehead atoms. The minimum absolute atomic E-state index is 0.0682. The SMILES string of the molecule is Cc1ccc(C(O)C2(N(C)C)CCCC2)c(F)c1F. The van der Waals surface area contributed by atoms with Crippen LogP contribution in [0.25, 0.3) is 0 Å². The van der Waals surface area contributed by atoms with Crippen molar-refractivity contribution in [1.82, 2.24) is 4.90 Å². The maximum Gasteiger partial charge on any atom is 0.164 e. The summed E-state index contributed by atoms with van der Waals surface area (Å²) in [6, 6.07) is 3.03. The molecule has 1 fully saturated rings. The van der Waals surface area contributed by atoms with Crippen molar-refractivity contribution in [2.45, 2.75) is 44.2 Å². The zero-order valence-corrected chi connectivity index (χ0v) is 11.7. The van der Waals surface area contributed by atoms with Gasteiger partial charge in [-0.15, -0.1) is 0 Å². The standard InChI is InChI=1S/C15H21F2NO/c1-10-6-7-11(13(17)12(10)16)14(19)15(18(2)3)8-4-5-9-15/h6-7,14,19H,4-5,8-9H2,1-3H3. The van der Waals surface area contributed by atoms with Gasteiger partial charge >= 0.3 is 0 Å². The van der Waals surface area contributed by atoms with Gasteiger partial charge in [-0.2, -0.15) is 0 Å². The van der Waals surface area contributed by atoms with Crippen molar-refractivity contribution in [1.29, 1.82) is 0 Å². The number of aliphatic hydroxyl groups is 1. The zero-order valence-electron chi connectivity index (χ0n) is 11.7. The van der Waals surface area contributed by atoms with Gasteiger partial charge < -0.3 is 10.0 Å². The summed E-state index contributed by atoms with van der Waals surface area (Å²) in [4.78, 5) is 1.95. The number of aryl methyl sites for hydroxylation is 1. The second-order valence-corrected chi connectivity index (χ2v) is 5.71. The second kappa shape index (κ2) is 5.17. The Morgan fingerprint density at radius 2 is 1.74 bits per heavy atom. The summed E-state index contributed by atoms with van der Waals surface area (Å²) < 4.78 is 27.7. The van der Waals surface area contributed by atoms with Crippen LogP contribution in [0.5, 0.6) is 0 Å². The van der Waals surface area contributed by atoms with Crippen molar-refractivity contribution < 1.29 is 13.9 Å². The quantitative estimate of drug-likeness (QED) is 0.911. The average Bonchev–Trinajstić information content (AvgIpc) is 2.86. The Labute approximate surface area is 113 Å². The molecule has 1 saturated carbocycles. The van der Waals surface area contributed by atoms with Crippen LogP contribution in [0.1, 0.15) is 42.9 Å². The Morgan fingerprint density at radius 3 is 2.26 bits per heavy atom. The van der Waals surface area contributed by atoms with Gasteiger partial charge in [0.15, 0.2) is 11.6 Å². The molecule has 0 spiro atoms. The van der Waals surface area contributed by atoms with E-state index < -0.39 is 23.3 Å². The van der Waals surface area contributed by atoms with E-state index in [9.17, 15) is 13.9 Å². The summed E-state index contributed by atoms with van der Waals surface area (Å²) in [6.07, 6.45) is 2.61. The van der Waals surface area contributed by atoms with Gasteiger partial charge in [0.2, 0.25) is 0 Å². The van der Waals surface area contributed by atoms with Crippen molar-refractivity contribution in [3.8, 4) is 0 Å². The number of aliphatic hydroxyl groups excluding tert-OH is 1. The first kappa shape index (κ1) is 14.4. The molecule has 1 aliphatic rings. The molecule has 106 valence electrons. The van der Waals surface area contributed by atoms with Crippen LogP contribution in [0.2, 0.25) is 0 Å². The van der Waals surface area contributed by atoms with Gasteiger partial charge in [-0.05, 0) is 39.4 Å². The lowest BCUT2D eigenvalue weighted by molar-refractivity contribution is -0.00708. The number of rotatable bonds is 3. The molecule has 0 radical (unpaired) electrons. The molecule has 1 aromatic rings. The highest BCUT2D eigenvalue weighted by Crippen LogP contribution is 2.44. The van der Waals surface area contributed by atoms with Crippen LogP contribution < -0.4 is 0 Å². The van der Waals surface area contributed by atoms with E-state index >= 15 is 0 Å². The molecule has 2 rings (SSSR count). The molecule has 1 aliphatic carbocycles. The van der Waals surface area contributed by atoms with Crippen LogP contribution in [-0.2, 0) is 0 Å². The van der Waals surface area contributed by atoms with Crippen LogP contribution >= 0.6 is 0 Å². The van der Waals surface area contributed by atoms with E-state index in [1.807, 2.05) is 19.0 Å². The topological polar surface area (TPSA) is 23.5 Å². The van der Waals surface area contributed by atoms with Gasteiger partial charge in [0.25, 0.3) is 0 Å². The average molecular weight is 269 g/mol. The summed E-state index contributed by atoms with van der Waals surface area (Å²) >= 11 is 0. The maximum atomic E-state index is 14.0. The third kappa shape index (κ3) is 2.28. The smallest absolute Gasteiger partial charge is 0.164 e. The van der Waals surface area contributed by atoms with Gasteiger partial charge in [-0.3, -0.25) is 0 Å². The molecule has 19 heavy (non-hydrogen) atoms. The highest BCUT2D eigenvalue weighted by molar-refractivity contribution is 5.29. The highest BCUT2D eigenvalue weighted by Gasteiger charge is 2.44. The molecule has 0 amide bonds. The van der Waals surface area contributed by atoms with E-state index in [1.54, 1.807) is 0 Å². The Bertz CT molecular complexity index is 467. The predicted octanol–water partition coefficient (Wildman–Crippen LogP) is 3.18. The van der Waals surface area contributed by atoms with Crippen molar-refractivity contribution in [2.24, 2.45) is 0 Å². The monoisotopic (exact) mass is 269 g/mol. The number of hydrogen-bond acceptors (Lipinski definition) is 2. The first-order valence-corrected chi connectivity index (χ1v) is 6.70. The predicted molar refractivity (Wildman–Crippen MR) is 70.9 cm³/mol. The number of hydrogen-bond donors (Lipinski definition) is 1. The molecule has 1 atom stereocenters. The largest absolute Gasteiger partial charge is 0.386 e. The van der Waals surface area contributed by atoms with Crippen LogP contribution in [0.3, 0.4) is 0 Å². The van der Waals surface area contributed by atoms with Crippen LogP contribution in [0.15, 0.2) is 12.1 Å². The minimum Gasteiger partial charge on any atom is -0.386 e. The van der Waals surface area contributed by atoms with Crippen molar-refractivity contribution in [3.05, 3.63) is 34.9 Å². The Balaban J connectivity index is 2.43. The number of halogens is 2. The molecule has 1 aromatic carbocycles. The molecule has 1 unspecified atom stereocenters. The summed E-state index contributed by atoms with van der Waals surface area (Å²) in [5, 5.41) is 10.6. The molecule has 1 N–H and O–H groups in total. The second-order valence-electron chi connectivity index (χ2n) is 5.71. The fraction of sp³-hybridized carbons (Fsp3) is 0.600. The maximum absolute atomic E-state index is 14.0. The van der Waals surface area contributed by atoms with Gasteiger partial charge in [0.05, 0.1) is 5.54 Å². The summed E-state index contributed by atoms with van der Waals surface area (Å²) in [5.74, 6) is -1.77. The Morgan fingerprint density at radius 1 is 1.16 bits per heavy atom. The molecule has 0 heterocycles. The fourth-order valence-electron chi connectivity index (χ4n) is 3.11. The van der Waals surface area contributed by atoms with Crippen molar-refractivity contribution in [2.75, 3.05) is 14.1 Å². The summed E-state index contributed by atoms with van der Waals surface area (Å²) in [7, 11) is 3.77. The summed E-state index contributed by atoms with van der Waals surface area (Å²) in [6.45, 7) is 1.52. The van der Waals surface area contributed by atoms with Crippen molar-refractivity contribution in [3.63, 3.8) is 0 Å². The van der Waals surface area contributed by atoms with Gasteiger partial charge in [-0.25, -0.2) is 8.78 Å². The van der Waals surface area contributed by atoms with E-state index in [0.29, 0.717) is 0 Å². The van der Waals surface area contributed by atoms with Crippen LogP contribution in [0.4, 0.5) is 8.78 Å². The Kier molecular flexibility index (Phi) is 3.92. The molecule has 4 heteroatoms. The lowest BCUT2D eigenvalue weighted by Crippen LogP contribution is -2.47. The lowest BCUT2D eigenvalue weighted by Gasteiger charge is -2.40. The first-order chi connectivity index (χ1) is 8.90. The van der Waals surface area contributed by atoms with E-state index in [4.69, 9.17) is 0 Å². The third-order valence-corrected chi connectivity index (χ3v) is 4.47. The van der Waals surface area contributed by atoms with E-state index in [1.165, 1.54) is 19.1 Å². The first-order valence-electron chi connectivity index (χ1n) is 6.70. The lowest BCUT2D eigenvalue weighted by atomic mass is 9.84. The molecule has 0 saturated heterocycles. The van der Waals surface area contributed by atoms with Gasteiger partial charge in [0.1, 0.15) is 6.10 Å². The normalized spacial score (nSPS) is 19.9. The van der Waals surface area contributed by atoms with E-state index in [2.05, 4.69) is 0 Å². The highest BCUT2D eigenvalue weighted by atomic mass is 19.2. The van der Waals surface area contributed by atoms with E-state index in [-0.39, 0.29) is 11.1 Å².